The van der Waals surface area contributed by atoms with E-state index in [1.807, 2.05) is 43.1 Å². The standard InChI is InChI=1S/C45H33N5O/c1-26-7-5-8-27(2)40(26)34-15-16-39-42(43(34)41-28(3)9-6-10-29(41)4)33-14-12-31(24-36(33)45-48-20-22-50(39)45)51-30-11-13-32-35(23-30)44-47-19-21-49(44)38-17-18-46-25-37(32)38/h5-25H,1-4H3. The maximum absolute atomic E-state index is 6.66. The average molecular weight is 660 g/mol. The average Bonchev–Trinajstić information content (AvgIpc) is 3.84. The molecule has 244 valence electrons. The van der Waals surface area contributed by atoms with Gasteiger partial charge in [0.25, 0.3) is 0 Å². The Balaban J connectivity index is 1.22. The van der Waals surface area contributed by atoms with Gasteiger partial charge in [0, 0.05) is 64.3 Å². The highest BCUT2D eigenvalue weighted by molar-refractivity contribution is 6.20. The van der Waals surface area contributed by atoms with Crippen LogP contribution in [-0.4, -0.2) is 23.8 Å². The molecule has 0 unspecified atom stereocenters. The monoisotopic (exact) mass is 659 g/mol. The molecule has 0 N–H and O–H groups in total. The minimum atomic E-state index is 0.740. The predicted octanol–water partition coefficient (Wildman–Crippen LogP) is 11.3. The van der Waals surface area contributed by atoms with Gasteiger partial charge in [0.2, 0.25) is 0 Å². The minimum Gasteiger partial charge on any atom is -0.457 e. The van der Waals surface area contributed by atoms with E-state index in [1.165, 1.54) is 49.9 Å². The molecule has 5 aromatic heterocycles. The Labute approximate surface area is 294 Å². The summed E-state index contributed by atoms with van der Waals surface area (Å²) in [6.45, 7) is 8.87. The highest BCUT2D eigenvalue weighted by atomic mass is 16.5. The van der Waals surface area contributed by atoms with Crippen LogP contribution in [0.5, 0.6) is 11.5 Å². The van der Waals surface area contributed by atoms with Gasteiger partial charge in [-0.15, -0.1) is 0 Å². The lowest BCUT2D eigenvalue weighted by Crippen LogP contribution is -1.99. The summed E-state index contributed by atoms with van der Waals surface area (Å²) in [7, 11) is 0. The zero-order valence-corrected chi connectivity index (χ0v) is 28.8. The van der Waals surface area contributed by atoms with Crippen molar-refractivity contribution in [3.63, 3.8) is 0 Å². The molecule has 10 aromatic rings. The summed E-state index contributed by atoms with van der Waals surface area (Å²) in [5, 5.41) is 6.55. The molecule has 0 saturated carbocycles. The first-order valence-electron chi connectivity index (χ1n) is 17.3. The Kier molecular flexibility index (Phi) is 6.33. The van der Waals surface area contributed by atoms with E-state index in [2.05, 4.69) is 127 Å². The second kappa shape index (κ2) is 11.0. The number of nitrogens with zero attached hydrogens (tertiary/aromatic N) is 5. The molecule has 5 aromatic carbocycles. The van der Waals surface area contributed by atoms with Gasteiger partial charge in [0.05, 0.1) is 11.0 Å². The third-order valence-electron chi connectivity index (χ3n) is 10.5. The summed E-state index contributed by atoms with van der Waals surface area (Å²) in [6.07, 6.45) is 11.5. The molecular formula is C45H33N5O. The largest absolute Gasteiger partial charge is 0.457 e. The lowest BCUT2D eigenvalue weighted by atomic mass is 9.83. The van der Waals surface area contributed by atoms with Crippen molar-refractivity contribution in [1.82, 2.24) is 23.8 Å². The number of aryl methyl sites for hydroxylation is 4. The number of aromatic nitrogens is 5. The maximum atomic E-state index is 6.66. The van der Waals surface area contributed by atoms with Crippen LogP contribution in [0.2, 0.25) is 0 Å². The van der Waals surface area contributed by atoms with Gasteiger partial charge in [0.15, 0.2) is 0 Å². The highest BCUT2D eigenvalue weighted by Gasteiger charge is 2.22. The normalized spacial score (nSPS) is 11.9. The second-order valence-electron chi connectivity index (χ2n) is 13.6. The van der Waals surface area contributed by atoms with E-state index in [1.54, 1.807) is 0 Å². The Morgan fingerprint density at radius 2 is 1.08 bits per heavy atom. The Bertz CT molecular complexity index is 3020. The van der Waals surface area contributed by atoms with Crippen molar-refractivity contribution >= 4 is 54.6 Å². The molecule has 6 nitrogen and oxygen atoms in total. The van der Waals surface area contributed by atoms with Crippen molar-refractivity contribution in [2.45, 2.75) is 27.7 Å². The molecule has 0 fully saturated rings. The van der Waals surface area contributed by atoms with Crippen molar-refractivity contribution in [3.8, 4) is 33.8 Å². The second-order valence-corrected chi connectivity index (χ2v) is 13.6. The molecular weight excluding hydrogens is 627 g/mol. The van der Waals surface area contributed by atoms with Crippen molar-refractivity contribution in [1.29, 1.82) is 0 Å². The number of hydrogen-bond donors (Lipinski definition) is 0. The van der Waals surface area contributed by atoms with Crippen LogP contribution in [0.25, 0.3) is 76.9 Å². The zero-order chi connectivity index (χ0) is 34.4. The van der Waals surface area contributed by atoms with Gasteiger partial charge in [-0.2, -0.15) is 0 Å². The van der Waals surface area contributed by atoms with Gasteiger partial charge in [-0.05, 0) is 126 Å². The van der Waals surface area contributed by atoms with Crippen LogP contribution < -0.4 is 4.74 Å². The van der Waals surface area contributed by atoms with Crippen LogP contribution >= 0.6 is 0 Å². The van der Waals surface area contributed by atoms with Gasteiger partial charge in [-0.1, -0.05) is 42.5 Å². The number of benzene rings is 5. The lowest BCUT2D eigenvalue weighted by Gasteiger charge is -2.22. The van der Waals surface area contributed by atoms with Gasteiger partial charge in [-0.3, -0.25) is 13.8 Å². The Hall–Kier alpha value is -6.53. The van der Waals surface area contributed by atoms with E-state index < -0.39 is 0 Å². The first-order valence-corrected chi connectivity index (χ1v) is 17.3. The van der Waals surface area contributed by atoms with E-state index >= 15 is 0 Å². The third kappa shape index (κ3) is 4.33. The fraction of sp³-hybridized carbons (Fsp3) is 0.0889. The number of rotatable bonds is 4. The smallest absolute Gasteiger partial charge is 0.145 e. The molecule has 51 heavy (non-hydrogen) atoms. The number of imidazole rings is 2. The molecule has 0 aliphatic carbocycles. The van der Waals surface area contributed by atoms with Crippen LogP contribution in [0, 0.1) is 27.7 Å². The molecule has 10 rings (SSSR count). The van der Waals surface area contributed by atoms with Gasteiger partial charge < -0.3 is 4.74 Å². The number of ether oxygens (including phenoxy) is 1. The van der Waals surface area contributed by atoms with Crippen molar-refractivity contribution in [2.75, 3.05) is 0 Å². The van der Waals surface area contributed by atoms with E-state index in [0.29, 0.717) is 0 Å². The molecule has 0 aliphatic rings. The predicted molar refractivity (Wildman–Crippen MR) is 208 cm³/mol. The molecule has 0 spiro atoms. The summed E-state index contributed by atoms with van der Waals surface area (Å²) in [5.74, 6) is 1.48. The highest BCUT2D eigenvalue weighted by Crippen LogP contribution is 2.46. The van der Waals surface area contributed by atoms with Crippen LogP contribution in [0.15, 0.2) is 128 Å². The molecule has 0 aliphatic heterocycles. The molecule has 0 saturated heterocycles. The third-order valence-corrected chi connectivity index (χ3v) is 10.5. The first kappa shape index (κ1) is 29.4. The molecule has 6 heteroatoms. The summed E-state index contributed by atoms with van der Waals surface area (Å²) in [4.78, 5) is 14.0. The fourth-order valence-electron chi connectivity index (χ4n) is 8.31. The Morgan fingerprint density at radius 1 is 0.490 bits per heavy atom. The zero-order valence-electron chi connectivity index (χ0n) is 28.8. The van der Waals surface area contributed by atoms with Crippen molar-refractivity contribution in [2.24, 2.45) is 0 Å². The van der Waals surface area contributed by atoms with Gasteiger partial charge in [-0.25, -0.2) is 9.97 Å². The minimum absolute atomic E-state index is 0.740. The van der Waals surface area contributed by atoms with Crippen molar-refractivity contribution < 1.29 is 4.74 Å². The Morgan fingerprint density at radius 3 is 1.75 bits per heavy atom. The van der Waals surface area contributed by atoms with Crippen LogP contribution in [0.3, 0.4) is 0 Å². The van der Waals surface area contributed by atoms with E-state index in [4.69, 9.17) is 14.7 Å². The van der Waals surface area contributed by atoms with E-state index in [0.717, 1.165) is 60.8 Å². The lowest BCUT2D eigenvalue weighted by molar-refractivity contribution is 0.484. The molecule has 0 atom stereocenters. The van der Waals surface area contributed by atoms with Crippen molar-refractivity contribution in [3.05, 3.63) is 150 Å². The maximum Gasteiger partial charge on any atom is 0.145 e. The molecule has 0 bridgehead atoms. The fourth-order valence-corrected chi connectivity index (χ4v) is 8.31. The topological polar surface area (TPSA) is 56.7 Å². The van der Waals surface area contributed by atoms with Crippen LogP contribution in [-0.2, 0) is 0 Å². The van der Waals surface area contributed by atoms with Crippen LogP contribution in [0.1, 0.15) is 22.3 Å². The quantitative estimate of drug-likeness (QED) is 0.176. The van der Waals surface area contributed by atoms with Crippen LogP contribution in [0.4, 0.5) is 0 Å². The summed E-state index contributed by atoms with van der Waals surface area (Å²) in [5.41, 5.74) is 14.0. The molecule has 0 radical (unpaired) electrons. The number of hydrogen-bond acceptors (Lipinski definition) is 4. The molecule has 5 heterocycles. The van der Waals surface area contributed by atoms with Gasteiger partial charge >= 0.3 is 0 Å². The summed E-state index contributed by atoms with van der Waals surface area (Å²) < 4.78 is 11.0. The molecule has 0 amide bonds. The van der Waals surface area contributed by atoms with E-state index in [9.17, 15) is 0 Å². The van der Waals surface area contributed by atoms with Gasteiger partial charge in [0.1, 0.15) is 22.8 Å². The number of pyridine rings is 3. The van der Waals surface area contributed by atoms with E-state index in [-0.39, 0.29) is 0 Å². The summed E-state index contributed by atoms with van der Waals surface area (Å²) >= 11 is 0. The summed E-state index contributed by atoms with van der Waals surface area (Å²) in [6, 6.07) is 32.4. The first-order chi connectivity index (χ1) is 25.0. The SMILES string of the molecule is Cc1cccc(C)c1-c1ccc2c(c1-c1c(C)cccc1C)c1ccc(Oc3ccc4c5cnccc5n5ccnc5c4c3)cc1c1nccn21. The number of fused-ring (bicyclic) bond motifs is 12.